The highest BCUT2D eigenvalue weighted by Crippen LogP contribution is 2.18. The molecular formula is C15H22N2OS. The predicted molar refractivity (Wildman–Crippen MR) is 80.4 cm³/mol. The van der Waals surface area contributed by atoms with Gasteiger partial charge in [-0.2, -0.15) is 0 Å². The summed E-state index contributed by atoms with van der Waals surface area (Å²) in [6, 6.07) is 10.1. The molecule has 19 heavy (non-hydrogen) atoms. The van der Waals surface area contributed by atoms with Crippen LogP contribution in [0.15, 0.2) is 35.2 Å². The Balaban J connectivity index is 1.84. The molecule has 0 saturated carbocycles. The monoisotopic (exact) mass is 278 g/mol. The molecule has 0 spiro atoms. The summed E-state index contributed by atoms with van der Waals surface area (Å²) in [6.07, 6.45) is 1.13. The van der Waals surface area contributed by atoms with Crippen molar-refractivity contribution in [3.63, 3.8) is 0 Å². The second-order valence-corrected chi connectivity index (χ2v) is 5.97. The van der Waals surface area contributed by atoms with Crippen molar-refractivity contribution in [1.82, 2.24) is 10.2 Å². The molecule has 0 radical (unpaired) electrons. The fourth-order valence-corrected chi connectivity index (χ4v) is 3.06. The standard InChI is InChI=1S/C15H22N2OS/c1-2-13-10-16-8-9-17(11-13)15(18)12-19-14-6-4-3-5-7-14/h3-7,13,16H,2,8-12H2,1H3. The predicted octanol–water partition coefficient (Wildman–Crippen LogP) is 2.24. The van der Waals surface area contributed by atoms with Crippen molar-refractivity contribution < 1.29 is 4.79 Å². The van der Waals surface area contributed by atoms with Crippen LogP contribution in [0.4, 0.5) is 0 Å². The molecule has 1 amide bonds. The Labute approximate surface area is 119 Å². The Morgan fingerprint density at radius 3 is 2.95 bits per heavy atom. The maximum Gasteiger partial charge on any atom is 0.232 e. The van der Waals surface area contributed by atoms with Gasteiger partial charge in [0.2, 0.25) is 5.91 Å². The first-order chi connectivity index (χ1) is 9.29. The highest BCUT2D eigenvalue weighted by molar-refractivity contribution is 8.00. The average Bonchev–Trinajstić information content (AvgIpc) is 2.71. The maximum absolute atomic E-state index is 12.3. The lowest BCUT2D eigenvalue weighted by molar-refractivity contribution is -0.128. The van der Waals surface area contributed by atoms with Gasteiger partial charge in [-0.3, -0.25) is 4.79 Å². The Morgan fingerprint density at radius 2 is 2.21 bits per heavy atom. The van der Waals surface area contributed by atoms with Crippen LogP contribution >= 0.6 is 11.8 Å². The minimum atomic E-state index is 0.260. The quantitative estimate of drug-likeness (QED) is 0.857. The van der Waals surface area contributed by atoms with E-state index in [0.29, 0.717) is 11.7 Å². The van der Waals surface area contributed by atoms with E-state index in [1.807, 2.05) is 23.1 Å². The molecular weight excluding hydrogens is 256 g/mol. The Kier molecular flexibility index (Phi) is 5.73. The third-order valence-corrected chi connectivity index (χ3v) is 4.50. The molecule has 1 fully saturated rings. The van der Waals surface area contributed by atoms with E-state index in [1.54, 1.807) is 11.8 Å². The summed E-state index contributed by atoms with van der Waals surface area (Å²) in [6.45, 7) is 5.88. The van der Waals surface area contributed by atoms with E-state index in [0.717, 1.165) is 37.5 Å². The number of hydrogen-bond acceptors (Lipinski definition) is 3. The molecule has 1 atom stereocenters. The number of thioether (sulfide) groups is 1. The number of carbonyl (C=O) groups excluding carboxylic acids is 1. The summed E-state index contributed by atoms with van der Waals surface area (Å²) in [5.74, 6) is 1.39. The summed E-state index contributed by atoms with van der Waals surface area (Å²) in [7, 11) is 0. The summed E-state index contributed by atoms with van der Waals surface area (Å²) >= 11 is 1.63. The highest BCUT2D eigenvalue weighted by Gasteiger charge is 2.20. The first-order valence-electron chi connectivity index (χ1n) is 6.96. The van der Waals surface area contributed by atoms with Gasteiger partial charge in [-0.15, -0.1) is 11.8 Å². The smallest absolute Gasteiger partial charge is 0.232 e. The lowest BCUT2D eigenvalue weighted by Gasteiger charge is -2.23. The highest BCUT2D eigenvalue weighted by atomic mass is 32.2. The second kappa shape index (κ2) is 7.56. The van der Waals surface area contributed by atoms with E-state index in [9.17, 15) is 4.79 Å². The SMILES string of the molecule is CCC1CNCCN(C(=O)CSc2ccccc2)C1. The van der Waals surface area contributed by atoms with Gasteiger partial charge >= 0.3 is 0 Å². The first-order valence-corrected chi connectivity index (χ1v) is 7.94. The van der Waals surface area contributed by atoms with Gasteiger partial charge in [0.05, 0.1) is 5.75 Å². The van der Waals surface area contributed by atoms with Crippen LogP contribution in [0.25, 0.3) is 0 Å². The lowest BCUT2D eigenvalue weighted by atomic mass is 10.1. The molecule has 3 nitrogen and oxygen atoms in total. The molecule has 2 rings (SSSR count). The van der Waals surface area contributed by atoms with Crippen molar-refractivity contribution in [3.8, 4) is 0 Å². The summed E-state index contributed by atoms with van der Waals surface area (Å²) in [5.41, 5.74) is 0. The van der Waals surface area contributed by atoms with Crippen LogP contribution in [0.3, 0.4) is 0 Å². The molecule has 1 aromatic rings. The molecule has 0 aromatic heterocycles. The van der Waals surface area contributed by atoms with Crippen LogP contribution in [0.1, 0.15) is 13.3 Å². The van der Waals surface area contributed by atoms with E-state index < -0.39 is 0 Å². The summed E-state index contributed by atoms with van der Waals surface area (Å²) < 4.78 is 0. The molecule has 1 heterocycles. The number of carbonyl (C=O) groups is 1. The Morgan fingerprint density at radius 1 is 1.42 bits per heavy atom. The minimum absolute atomic E-state index is 0.260. The molecule has 1 aromatic carbocycles. The number of nitrogens with one attached hydrogen (secondary N) is 1. The van der Waals surface area contributed by atoms with Gasteiger partial charge in [-0.1, -0.05) is 31.5 Å². The van der Waals surface area contributed by atoms with E-state index in [2.05, 4.69) is 24.4 Å². The zero-order valence-electron chi connectivity index (χ0n) is 11.5. The molecule has 1 unspecified atom stereocenters. The average molecular weight is 278 g/mol. The van der Waals surface area contributed by atoms with E-state index in [-0.39, 0.29) is 5.91 Å². The topological polar surface area (TPSA) is 32.3 Å². The fraction of sp³-hybridized carbons (Fsp3) is 0.533. The molecule has 1 saturated heterocycles. The van der Waals surface area contributed by atoms with Crippen molar-refractivity contribution >= 4 is 17.7 Å². The molecule has 104 valence electrons. The fourth-order valence-electron chi connectivity index (χ4n) is 2.24. The minimum Gasteiger partial charge on any atom is -0.340 e. The number of benzene rings is 1. The molecule has 1 aliphatic heterocycles. The number of hydrogen-bond donors (Lipinski definition) is 1. The summed E-state index contributed by atoms with van der Waals surface area (Å²) in [5, 5.41) is 3.41. The van der Waals surface area contributed by atoms with Crippen LogP contribution in [-0.4, -0.2) is 42.7 Å². The zero-order chi connectivity index (χ0) is 13.5. The van der Waals surface area contributed by atoms with Gasteiger partial charge in [0, 0.05) is 24.5 Å². The third kappa shape index (κ3) is 4.55. The van der Waals surface area contributed by atoms with Crippen LogP contribution < -0.4 is 5.32 Å². The molecule has 4 heteroatoms. The van der Waals surface area contributed by atoms with Crippen LogP contribution in [0.5, 0.6) is 0 Å². The molecule has 1 N–H and O–H groups in total. The van der Waals surface area contributed by atoms with Crippen molar-refractivity contribution in [2.45, 2.75) is 18.2 Å². The van der Waals surface area contributed by atoms with Crippen molar-refractivity contribution in [2.75, 3.05) is 31.9 Å². The van der Waals surface area contributed by atoms with Gasteiger partial charge in [0.25, 0.3) is 0 Å². The maximum atomic E-state index is 12.3. The lowest BCUT2D eigenvalue weighted by Crippen LogP contribution is -2.37. The number of amides is 1. The first kappa shape index (κ1) is 14.4. The largest absolute Gasteiger partial charge is 0.340 e. The molecule has 1 aliphatic rings. The van der Waals surface area contributed by atoms with Gasteiger partial charge < -0.3 is 10.2 Å². The zero-order valence-corrected chi connectivity index (χ0v) is 12.3. The number of nitrogens with zero attached hydrogens (tertiary/aromatic N) is 1. The van der Waals surface area contributed by atoms with Gasteiger partial charge in [-0.05, 0) is 24.6 Å². The van der Waals surface area contributed by atoms with E-state index in [1.165, 1.54) is 0 Å². The number of rotatable bonds is 4. The van der Waals surface area contributed by atoms with Crippen molar-refractivity contribution in [2.24, 2.45) is 5.92 Å². The second-order valence-electron chi connectivity index (χ2n) is 4.92. The van der Waals surface area contributed by atoms with Gasteiger partial charge in [-0.25, -0.2) is 0 Å². The Bertz CT molecular complexity index is 396. The van der Waals surface area contributed by atoms with Crippen molar-refractivity contribution in [3.05, 3.63) is 30.3 Å². The van der Waals surface area contributed by atoms with Crippen molar-refractivity contribution in [1.29, 1.82) is 0 Å². The van der Waals surface area contributed by atoms with E-state index in [4.69, 9.17) is 0 Å². The third-order valence-electron chi connectivity index (χ3n) is 3.51. The van der Waals surface area contributed by atoms with Crippen LogP contribution in [0, 0.1) is 5.92 Å². The van der Waals surface area contributed by atoms with Gasteiger partial charge in [0.15, 0.2) is 0 Å². The molecule has 0 aliphatic carbocycles. The van der Waals surface area contributed by atoms with Crippen LogP contribution in [-0.2, 0) is 4.79 Å². The van der Waals surface area contributed by atoms with Crippen LogP contribution in [0.2, 0.25) is 0 Å². The van der Waals surface area contributed by atoms with E-state index >= 15 is 0 Å². The normalized spacial score (nSPS) is 20.1. The summed E-state index contributed by atoms with van der Waals surface area (Å²) in [4.78, 5) is 15.4. The molecule has 0 bridgehead atoms. The van der Waals surface area contributed by atoms with Gasteiger partial charge in [0.1, 0.15) is 0 Å². The Hall–Kier alpha value is -1.00.